The van der Waals surface area contributed by atoms with Crippen LogP contribution in [0.3, 0.4) is 0 Å². The minimum Gasteiger partial charge on any atom is -0.314 e. The minimum atomic E-state index is -4.32. The zero-order valence-electron chi connectivity index (χ0n) is 10.5. The van der Waals surface area contributed by atoms with Gasteiger partial charge in [-0.2, -0.15) is 13.2 Å². The number of nitrogens with one attached hydrogen (secondary N) is 1. The van der Waals surface area contributed by atoms with E-state index in [1.165, 1.54) is 25.0 Å². The van der Waals surface area contributed by atoms with E-state index in [0.717, 1.165) is 12.1 Å². The normalized spacial score (nSPS) is 15.5. The molecule has 2 nitrogen and oxygen atoms in total. The number of ketones is 1. The van der Waals surface area contributed by atoms with Gasteiger partial charge in [0.2, 0.25) is 0 Å². The van der Waals surface area contributed by atoms with Crippen LogP contribution in [0, 0.1) is 0 Å². The van der Waals surface area contributed by atoms with Crippen LogP contribution in [0.1, 0.15) is 30.4 Å². The predicted octanol–water partition coefficient (Wildman–Crippen LogP) is 2.96. The molecule has 1 saturated carbocycles. The molecule has 104 valence electrons. The molecule has 0 aromatic heterocycles. The summed E-state index contributed by atoms with van der Waals surface area (Å²) in [5.41, 5.74) is -0.0523. The van der Waals surface area contributed by atoms with Crippen molar-refractivity contribution in [2.24, 2.45) is 0 Å². The Morgan fingerprint density at radius 2 is 1.84 bits per heavy atom. The second kappa shape index (κ2) is 5.74. The molecule has 0 amide bonds. The summed E-state index contributed by atoms with van der Waals surface area (Å²) in [5, 5.41) is 3.23. The molecule has 0 atom stereocenters. The highest BCUT2D eigenvalue weighted by atomic mass is 19.4. The number of alkyl halides is 3. The number of carbonyl (C=O) groups is 1. The van der Waals surface area contributed by atoms with Crippen molar-refractivity contribution in [3.63, 3.8) is 0 Å². The first kappa shape index (κ1) is 14.1. The van der Waals surface area contributed by atoms with Crippen molar-refractivity contribution < 1.29 is 18.0 Å². The van der Waals surface area contributed by atoms with E-state index in [-0.39, 0.29) is 12.2 Å². The van der Waals surface area contributed by atoms with Gasteiger partial charge >= 0.3 is 6.18 Å². The fourth-order valence-electron chi connectivity index (χ4n) is 1.83. The first-order valence-electron chi connectivity index (χ1n) is 6.36. The Bertz CT molecular complexity index is 435. The van der Waals surface area contributed by atoms with E-state index in [9.17, 15) is 18.0 Å². The van der Waals surface area contributed by atoms with Gasteiger partial charge in [-0.1, -0.05) is 12.1 Å². The summed E-state index contributed by atoms with van der Waals surface area (Å²) in [4.78, 5) is 11.6. The summed E-state index contributed by atoms with van der Waals surface area (Å²) in [5.74, 6) is 0.0490. The molecule has 1 aromatic rings. The number of hydrogen-bond acceptors (Lipinski definition) is 2. The fraction of sp³-hybridized carbons (Fsp3) is 0.500. The zero-order valence-corrected chi connectivity index (χ0v) is 10.5. The molecule has 1 N–H and O–H groups in total. The molecule has 0 radical (unpaired) electrons. The number of rotatable bonds is 6. The molecule has 0 spiro atoms. The average Bonchev–Trinajstić information content (AvgIpc) is 3.12. The Morgan fingerprint density at radius 1 is 1.21 bits per heavy atom. The smallest absolute Gasteiger partial charge is 0.314 e. The lowest BCUT2D eigenvalue weighted by Crippen LogP contribution is -2.20. The molecule has 0 saturated heterocycles. The van der Waals surface area contributed by atoms with Crippen LogP contribution in [0.4, 0.5) is 13.2 Å². The van der Waals surface area contributed by atoms with Gasteiger partial charge < -0.3 is 5.32 Å². The predicted molar refractivity (Wildman–Crippen MR) is 65.8 cm³/mol. The van der Waals surface area contributed by atoms with Crippen LogP contribution in [-0.4, -0.2) is 18.4 Å². The topological polar surface area (TPSA) is 29.1 Å². The van der Waals surface area contributed by atoms with E-state index in [1.54, 1.807) is 0 Å². The molecule has 1 aliphatic rings. The Balaban J connectivity index is 1.79. The highest BCUT2D eigenvalue weighted by molar-refractivity contribution is 5.81. The second-order valence-electron chi connectivity index (χ2n) is 4.89. The maximum Gasteiger partial charge on any atom is 0.416 e. The van der Waals surface area contributed by atoms with E-state index in [0.29, 0.717) is 24.6 Å². The molecule has 1 aliphatic carbocycles. The first-order valence-corrected chi connectivity index (χ1v) is 6.36. The molecule has 5 heteroatoms. The molecular weight excluding hydrogens is 255 g/mol. The first-order chi connectivity index (χ1) is 8.95. The van der Waals surface area contributed by atoms with Gasteiger partial charge in [-0.15, -0.1) is 0 Å². The van der Waals surface area contributed by atoms with E-state index < -0.39 is 11.7 Å². The van der Waals surface area contributed by atoms with Gasteiger partial charge in [-0.05, 0) is 30.5 Å². The van der Waals surface area contributed by atoms with E-state index in [2.05, 4.69) is 5.32 Å². The van der Waals surface area contributed by atoms with Crippen molar-refractivity contribution in [3.8, 4) is 0 Å². The Kier molecular flexibility index (Phi) is 4.24. The van der Waals surface area contributed by atoms with E-state index >= 15 is 0 Å². The monoisotopic (exact) mass is 271 g/mol. The van der Waals surface area contributed by atoms with Crippen LogP contribution in [0.15, 0.2) is 24.3 Å². The number of Topliss-reactive ketones (excluding diaryl/α,β-unsaturated/α-hetero) is 1. The Labute approximate surface area is 110 Å². The van der Waals surface area contributed by atoms with Crippen LogP contribution in [0.2, 0.25) is 0 Å². The lowest BCUT2D eigenvalue weighted by molar-refractivity contribution is -0.137. The van der Waals surface area contributed by atoms with Gasteiger partial charge in [0.15, 0.2) is 0 Å². The highest BCUT2D eigenvalue weighted by Crippen LogP contribution is 2.29. The maximum atomic E-state index is 12.4. The lowest BCUT2D eigenvalue weighted by Gasteiger charge is -2.07. The molecule has 1 aromatic carbocycles. The summed E-state index contributed by atoms with van der Waals surface area (Å²) >= 11 is 0. The van der Waals surface area contributed by atoms with Crippen LogP contribution in [-0.2, 0) is 17.4 Å². The molecule has 0 heterocycles. The molecule has 0 bridgehead atoms. The number of benzene rings is 1. The number of halogens is 3. The summed E-state index contributed by atoms with van der Waals surface area (Å²) in [6.07, 6.45) is -1.35. The third-order valence-corrected chi connectivity index (χ3v) is 3.10. The SMILES string of the molecule is O=C(CCNC1CC1)Cc1ccc(C(F)(F)F)cc1. The average molecular weight is 271 g/mol. The summed E-state index contributed by atoms with van der Waals surface area (Å²) < 4.78 is 37.1. The van der Waals surface area contributed by atoms with Crippen LogP contribution in [0.25, 0.3) is 0 Å². The Hall–Kier alpha value is -1.36. The largest absolute Gasteiger partial charge is 0.416 e. The molecule has 2 rings (SSSR count). The van der Waals surface area contributed by atoms with Gasteiger partial charge in [-0.25, -0.2) is 0 Å². The van der Waals surface area contributed by atoms with Gasteiger partial charge in [0, 0.05) is 25.4 Å². The van der Waals surface area contributed by atoms with Crippen molar-refractivity contribution in [1.29, 1.82) is 0 Å². The Morgan fingerprint density at radius 3 is 2.37 bits per heavy atom. The molecule has 19 heavy (non-hydrogen) atoms. The third-order valence-electron chi connectivity index (χ3n) is 3.10. The second-order valence-corrected chi connectivity index (χ2v) is 4.89. The van der Waals surface area contributed by atoms with Crippen molar-refractivity contribution in [2.45, 2.75) is 37.9 Å². The van der Waals surface area contributed by atoms with Crippen molar-refractivity contribution >= 4 is 5.78 Å². The standard InChI is InChI=1S/C14H16F3NO/c15-14(16,17)11-3-1-10(2-4-11)9-13(19)7-8-18-12-5-6-12/h1-4,12,18H,5-9H2. The quantitative estimate of drug-likeness (QED) is 0.862. The van der Waals surface area contributed by atoms with Crippen molar-refractivity contribution in [3.05, 3.63) is 35.4 Å². The molecule has 0 unspecified atom stereocenters. The van der Waals surface area contributed by atoms with Gasteiger partial charge in [0.25, 0.3) is 0 Å². The highest BCUT2D eigenvalue weighted by Gasteiger charge is 2.29. The van der Waals surface area contributed by atoms with Gasteiger partial charge in [0.1, 0.15) is 5.78 Å². The van der Waals surface area contributed by atoms with E-state index in [4.69, 9.17) is 0 Å². The third kappa shape index (κ3) is 4.67. The summed E-state index contributed by atoms with van der Waals surface area (Å²) in [6.45, 7) is 0.657. The lowest BCUT2D eigenvalue weighted by atomic mass is 10.0. The van der Waals surface area contributed by atoms with Crippen LogP contribution < -0.4 is 5.32 Å². The molecule has 1 fully saturated rings. The fourth-order valence-corrected chi connectivity index (χ4v) is 1.83. The molecule has 0 aliphatic heterocycles. The minimum absolute atomic E-state index is 0.0490. The van der Waals surface area contributed by atoms with Crippen molar-refractivity contribution in [2.75, 3.05) is 6.54 Å². The zero-order chi connectivity index (χ0) is 13.9. The van der Waals surface area contributed by atoms with Crippen molar-refractivity contribution in [1.82, 2.24) is 5.32 Å². The van der Waals surface area contributed by atoms with Crippen LogP contribution >= 0.6 is 0 Å². The number of hydrogen-bond donors (Lipinski definition) is 1. The summed E-state index contributed by atoms with van der Waals surface area (Å²) in [7, 11) is 0. The summed E-state index contributed by atoms with van der Waals surface area (Å²) in [6, 6.07) is 5.35. The van der Waals surface area contributed by atoms with Gasteiger partial charge in [-0.3, -0.25) is 4.79 Å². The molecular formula is C14H16F3NO. The van der Waals surface area contributed by atoms with E-state index in [1.807, 2.05) is 0 Å². The van der Waals surface area contributed by atoms with Crippen LogP contribution in [0.5, 0.6) is 0 Å². The van der Waals surface area contributed by atoms with Gasteiger partial charge in [0.05, 0.1) is 5.56 Å². The number of carbonyl (C=O) groups excluding carboxylic acids is 1. The maximum absolute atomic E-state index is 12.4.